The summed E-state index contributed by atoms with van der Waals surface area (Å²) in [5, 5.41) is 10.4. The molecule has 1 saturated carbocycles. The van der Waals surface area contributed by atoms with Gasteiger partial charge in [0.1, 0.15) is 11.3 Å². The maximum atomic E-state index is 13.7. The second-order valence-electron chi connectivity index (χ2n) is 8.59. The van der Waals surface area contributed by atoms with Gasteiger partial charge in [0.05, 0.1) is 18.2 Å². The molecule has 1 amide bonds. The SMILES string of the molecule is COc1ccc(CN2CCCC23CCCN(C2CCC(O)CC2)C3=O)cc1Cl. The van der Waals surface area contributed by atoms with Crippen LogP contribution in [0.3, 0.4) is 0 Å². The van der Waals surface area contributed by atoms with Gasteiger partial charge < -0.3 is 14.7 Å². The quantitative estimate of drug-likeness (QED) is 0.829. The molecule has 3 aliphatic rings. The van der Waals surface area contributed by atoms with Crippen molar-refractivity contribution in [2.75, 3.05) is 20.2 Å². The molecule has 154 valence electrons. The molecule has 0 aromatic heterocycles. The molecule has 28 heavy (non-hydrogen) atoms. The number of rotatable bonds is 4. The lowest BCUT2D eigenvalue weighted by molar-refractivity contribution is -0.152. The number of hydrogen-bond donors (Lipinski definition) is 1. The lowest BCUT2D eigenvalue weighted by Crippen LogP contribution is -2.62. The van der Waals surface area contributed by atoms with Crippen LogP contribution < -0.4 is 4.74 Å². The van der Waals surface area contributed by atoms with Crippen molar-refractivity contribution in [2.45, 2.75) is 75.6 Å². The molecule has 1 aliphatic carbocycles. The first-order chi connectivity index (χ1) is 13.5. The number of aliphatic hydroxyl groups excluding tert-OH is 1. The second kappa shape index (κ2) is 8.21. The number of carbonyl (C=O) groups is 1. The van der Waals surface area contributed by atoms with Crippen molar-refractivity contribution in [3.05, 3.63) is 28.8 Å². The number of hydrogen-bond acceptors (Lipinski definition) is 4. The summed E-state index contributed by atoms with van der Waals surface area (Å²) in [5.74, 6) is 0.998. The molecule has 2 aliphatic heterocycles. The molecule has 1 unspecified atom stereocenters. The van der Waals surface area contributed by atoms with E-state index in [4.69, 9.17) is 16.3 Å². The maximum Gasteiger partial charge on any atom is 0.243 e. The number of carbonyl (C=O) groups excluding carboxylic acids is 1. The molecule has 1 aromatic rings. The van der Waals surface area contributed by atoms with E-state index >= 15 is 0 Å². The minimum atomic E-state index is -0.360. The number of piperidine rings is 1. The van der Waals surface area contributed by atoms with E-state index in [1.54, 1.807) is 7.11 Å². The van der Waals surface area contributed by atoms with Crippen LogP contribution in [0.2, 0.25) is 5.02 Å². The Morgan fingerprint density at radius 1 is 1.18 bits per heavy atom. The van der Waals surface area contributed by atoms with Crippen molar-refractivity contribution in [1.29, 1.82) is 0 Å². The molecular weight excluding hydrogens is 376 g/mol. The molecule has 1 atom stereocenters. The summed E-state index contributed by atoms with van der Waals surface area (Å²) in [6, 6.07) is 6.21. The third-order valence-corrected chi connectivity index (χ3v) is 7.26. The highest BCUT2D eigenvalue weighted by Crippen LogP contribution is 2.41. The summed E-state index contributed by atoms with van der Waals surface area (Å²) >= 11 is 6.32. The first kappa shape index (κ1) is 20.0. The number of likely N-dealkylation sites (tertiary alicyclic amines) is 2. The van der Waals surface area contributed by atoms with Crippen molar-refractivity contribution in [3.63, 3.8) is 0 Å². The zero-order valence-corrected chi connectivity index (χ0v) is 17.5. The van der Waals surface area contributed by atoms with Gasteiger partial charge in [-0.2, -0.15) is 0 Å². The van der Waals surface area contributed by atoms with E-state index in [0.29, 0.717) is 22.7 Å². The molecule has 1 spiro atoms. The highest BCUT2D eigenvalue weighted by molar-refractivity contribution is 6.32. The summed E-state index contributed by atoms with van der Waals surface area (Å²) in [6.45, 7) is 2.56. The van der Waals surface area contributed by atoms with Gasteiger partial charge in [0.15, 0.2) is 0 Å². The third kappa shape index (κ3) is 3.64. The molecule has 0 radical (unpaired) electrons. The summed E-state index contributed by atoms with van der Waals surface area (Å²) < 4.78 is 5.26. The summed E-state index contributed by atoms with van der Waals surface area (Å²) in [4.78, 5) is 18.2. The van der Waals surface area contributed by atoms with Crippen molar-refractivity contribution >= 4 is 17.5 Å². The highest BCUT2D eigenvalue weighted by atomic mass is 35.5. The van der Waals surface area contributed by atoms with Crippen LogP contribution in [0, 0.1) is 0 Å². The average Bonchev–Trinajstić information content (AvgIpc) is 3.08. The molecule has 2 saturated heterocycles. The van der Waals surface area contributed by atoms with E-state index < -0.39 is 0 Å². The number of nitrogens with zero attached hydrogens (tertiary/aromatic N) is 2. The summed E-state index contributed by atoms with van der Waals surface area (Å²) in [6.07, 6.45) is 7.31. The van der Waals surface area contributed by atoms with Crippen molar-refractivity contribution < 1.29 is 14.6 Å². The fourth-order valence-electron chi connectivity index (χ4n) is 5.45. The van der Waals surface area contributed by atoms with Gasteiger partial charge >= 0.3 is 0 Å². The Hall–Kier alpha value is -1.30. The van der Waals surface area contributed by atoms with E-state index in [2.05, 4.69) is 9.80 Å². The molecule has 1 N–H and O–H groups in total. The van der Waals surface area contributed by atoms with Gasteiger partial charge in [-0.15, -0.1) is 0 Å². The Morgan fingerprint density at radius 3 is 2.57 bits per heavy atom. The van der Waals surface area contributed by atoms with E-state index in [1.165, 1.54) is 0 Å². The van der Waals surface area contributed by atoms with Crippen LogP contribution in [0.5, 0.6) is 5.75 Å². The number of methoxy groups -OCH3 is 1. The number of halogens is 1. The fourth-order valence-corrected chi connectivity index (χ4v) is 5.74. The number of amides is 1. The molecule has 1 aromatic carbocycles. The van der Waals surface area contributed by atoms with Crippen LogP contribution >= 0.6 is 11.6 Å². The Balaban J connectivity index is 1.52. The zero-order valence-electron chi connectivity index (χ0n) is 16.7. The lowest BCUT2D eigenvalue weighted by Gasteiger charge is -2.48. The van der Waals surface area contributed by atoms with Gasteiger partial charge in [0.25, 0.3) is 0 Å². The normalized spacial score (nSPS) is 31.5. The van der Waals surface area contributed by atoms with Crippen LogP contribution in [0.1, 0.15) is 56.9 Å². The van der Waals surface area contributed by atoms with Gasteiger partial charge in [0.2, 0.25) is 5.91 Å². The zero-order chi connectivity index (χ0) is 19.7. The minimum absolute atomic E-state index is 0.187. The number of aliphatic hydroxyl groups is 1. The van der Waals surface area contributed by atoms with E-state index in [0.717, 1.165) is 76.6 Å². The third-order valence-electron chi connectivity index (χ3n) is 6.97. The Morgan fingerprint density at radius 2 is 1.89 bits per heavy atom. The highest BCUT2D eigenvalue weighted by Gasteiger charge is 2.51. The standard InChI is InChI=1S/C22H31ClN2O3/c1-28-20-9-4-16(14-19(20)23)15-24-12-2-10-22(24)11-3-13-25(21(22)27)17-5-7-18(26)8-6-17/h4,9,14,17-18,26H,2-3,5-8,10-13,15H2,1H3. The van der Waals surface area contributed by atoms with Gasteiger partial charge in [-0.3, -0.25) is 9.69 Å². The molecule has 0 bridgehead atoms. The van der Waals surface area contributed by atoms with Crippen LogP contribution in [0.15, 0.2) is 18.2 Å². The summed E-state index contributed by atoms with van der Waals surface area (Å²) in [5.41, 5.74) is 0.763. The van der Waals surface area contributed by atoms with Crippen molar-refractivity contribution in [2.24, 2.45) is 0 Å². The predicted molar refractivity (Wildman–Crippen MR) is 110 cm³/mol. The van der Waals surface area contributed by atoms with Crippen LogP contribution in [-0.2, 0) is 11.3 Å². The predicted octanol–water partition coefficient (Wildman–Crippen LogP) is 3.61. The van der Waals surface area contributed by atoms with Gasteiger partial charge in [-0.05, 0) is 75.6 Å². The number of ether oxygens (including phenoxy) is 1. The first-order valence-corrected chi connectivity index (χ1v) is 11.0. The van der Waals surface area contributed by atoms with E-state index in [-0.39, 0.29) is 11.6 Å². The largest absolute Gasteiger partial charge is 0.495 e. The van der Waals surface area contributed by atoms with Crippen LogP contribution in [-0.4, -0.2) is 58.7 Å². The Labute approximate surface area is 172 Å². The van der Waals surface area contributed by atoms with Crippen LogP contribution in [0.25, 0.3) is 0 Å². The minimum Gasteiger partial charge on any atom is -0.495 e. The van der Waals surface area contributed by atoms with E-state index in [9.17, 15) is 9.90 Å². The molecule has 4 rings (SSSR count). The Kier molecular flexibility index (Phi) is 5.86. The van der Waals surface area contributed by atoms with Gasteiger partial charge in [0, 0.05) is 19.1 Å². The van der Waals surface area contributed by atoms with Crippen molar-refractivity contribution in [3.8, 4) is 5.75 Å². The summed E-state index contributed by atoms with van der Waals surface area (Å²) in [7, 11) is 1.62. The van der Waals surface area contributed by atoms with Gasteiger partial charge in [-0.1, -0.05) is 17.7 Å². The number of benzene rings is 1. The van der Waals surface area contributed by atoms with E-state index in [1.807, 2.05) is 18.2 Å². The molecule has 2 heterocycles. The van der Waals surface area contributed by atoms with Gasteiger partial charge in [-0.25, -0.2) is 0 Å². The molecule has 5 nitrogen and oxygen atoms in total. The molecule has 3 fully saturated rings. The Bertz CT molecular complexity index is 720. The lowest BCUT2D eigenvalue weighted by atomic mass is 9.82. The van der Waals surface area contributed by atoms with Crippen LogP contribution in [0.4, 0.5) is 0 Å². The molecule has 6 heteroatoms. The average molecular weight is 407 g/mol. The second-order valence-corrected chi connectivity index (χ2v) is 9.00. The monoisotopic (exact) mass is 406 g/mol. The topological polar surface area (TPSA) is 53.0 Å². The van der Waals surface area contributed by atoms with Crippen molar-refractivity contribution in [1.82, 2.24) is 9.80 Å². The smallest absolute Gasteiger partial charge is 0.243 e. The molecular formula is C22H31ClN2O3. The maximum absolute atomic E-state index is 13.7. The first-order valence-electron chi connectivity index (χ1n) is 10.6. The fraction of sp³-hybridized carbons (Fsp3) is 0.682.